The Morgan fingerprint density at radius 2 is 1.70 bits per heavy atom. The molecule has 47 heavy (non-hydrogen) atoms. The molecular formula is C37H50O10. The van der Waals surface area contributed by atoms with E-state index >= 15 is 0 Å². The lowest BCUT2D eigenvalue weighted by Crippen LogP contribution is -2.74. The van der Waals surface area contributed by atoms with Crippen molar-refractivity contribution in [2.75, 3.05) is 6.61 Å². The standard InChI is InChI=1S/C37H50O10/c1-19(2)33-17-21(4)36-26-29(33)45-37(46-33,47-36)24(39)16-12-7-6-9-13-20(3)25-22(5)28(43-31(40)23-14-10-8-11-15-23)35(42,27(25)36)32(41)34(18-38)30(26)44-34/h8,10-11,14-15,20-22,24-30,32,38-39,41-42H,1,6-7,9,12-13,16-18H2,2-5H3/t20-,21+,22-,24?,25-,26+,27+,28-,29+,30-,32+,33+,34-,35+,36+,37?/m0/s1. The van der Waals surface area contributed by atoms with E-state index in [4.69, 9.17) is 23.7 Å². The number of ether oxygens (including phenoxy) is 5. The SMILES string of the molecule is C=C(C)[C@]12C[C@@H](C)[C@@]34OC5(O[C@@H]1[C@@H]3[C@@H]1O[C@]1(CO)[C@@H](O)[C@@]1(O)[C@H]4[C@H]([C@H](C)[C@@H]1OC(=O)c1ccccc1)[C@@H](C)CCCCCCC5O)O2. The second kappa shape index (κ2) is 10.6. The third-order valence-corrected chi connectivity index (χ3v) is 13.7. The Hall–Kier alpha value is -1.89. The van der Waals surface area contributed by atoms with Crippen LogP contribution < -0.4 is 0 Å². The maximum atomic E-state index is 13.8. The van der Waals surface area contributed by atoms with Crippen molar-refractivity contribution in [2.45, 2.75) is 132 Å². The quantitative estimate of drug-likeness (QED) is 0.216. The van der Waals surface area contributed by atoms with Crippen molar-refractivity contribution >= 4 is 5.97 Å². The van der Waals surface area contributed by atoms with Crippen molar-refractivity contribution in [2.24, 2.45) is 35.5 Å². The van der Waals surface area contributed by atoms with Crippen LogP contribution in [0, 0.1) is 35.5 Å². The van der Waals surface area contributed by atoms with Crippen LogP contribution in [0.2, 0.25) is 0 Å². The van der Waals surface area contributed by atoms with E-state index in [1.165, 1.54) is 0 Å². The Morgan fingerprint density at radius 1 is 1.00 bits per heavy atom. The summed E-state index contributed by atoms with van der Waals surface area (Å²) in [6, 6.07) is 8.65. The number of aliphatic hydroxyl groups is 4. The summed E-state index contributed by atoms with van der Waals surface area (Å²) in [5.41, 5.74) is -4.83. The molecular weight excluding hydrogens is 604 g/mol. The lowest BCUT2D eigenvalue weighted by atomic mass is 9.51. The zero-order valence-electron chi connectivity index (χ0n) is 27.8. The van der Waals surface area contributed by atoms with Crippen molar-refractivity contribution in [3.8, 4) is 0 Å². The molecule has 2 unspecified atom stereocenters. The van der Waals surface area contributed by atoms with Gasteiger partial charge in [-0.15, -0.1) is 0 Å². The van der Waals surface area contributed by atoms with Gasteiger partial charge in [-0.1, -0.05) is 77.7 Å². The normalized spacial score (nSPS) is 54.3. The number of aliphatic hydroxyl groups excluding tert-OH is 3. The van der Waals surface area contributed by atoms with Gasteiger partial charge in [0.15, 0.2) is 0 Å². The average molecular weight is 655 g/mol. The largest absolute Gasteiger partial charge is 0.455 e. The summed E-state index contributed by atoms with van der Waals surface area (Å²) in [5, 5.41) is 48.9. The molecule has 3 aliphatic carbocycles. The van der Waals surface area contributed by atoms with E-state index in [0.29, 0.717) is 18.4 Å². The number of fused-ring (bicyclic) bond motifs is 1. The molecule has 16 atom stereocenters. The molecule has 0 amide bonds. The summed E-state index contributed by atoms with van der Waals surface area (Å²) in [4.78, 5) is 13.8. The zero-order valence-corrected chi connectivity index (χ0v) is 27.8. The molecule has 3 bridgehead atoms. The number of carbonyl (C=O) groups excluding carboxylic acids is 1. The number of benzene rings is 1. The van der Waals surface area contributed by atoms with E-state index < -0.39 is 89.2 Å². The molecule has 1 aromatic carbocycles. The van der Waals surface area contributed by atoms with Gasteiger partial charge < -0.3 is 44.1 Å². The molecule has 4 saturated heterocycles. The first kappa shape index (κ1) is 32.3. The molecule has 10 heteroatoms. The van der Waals surface area contributed by atoms with Gasteiger partial charge in [-0.05, 0) is 61.1 Å². The topological polar surface area (TPSA) is 147 Å². The van der Waals surface area contributed by atoms with Gasteiger partial charge in [-0.3, -0.25) is 0 Å². The van der Waals surface area contributed by atoms with Crippen LogP contribution in [-0.2, 0) is 23.7 Å². The molecule has 7 aliphatic rings. The molecule has 4 N–H and O–H groups in total. The highest BCUT2D eigenvalue weighted by atomic mass is 16.9. The lowest BCUT2D eigenvalue weighted by molar-refractivity contribution is -0.458. The molecule has 0 aromatic heterocycles. The van der Waals surface area contributed by atoms with Crippen LogP contribution in [0.5, 0.6) is 0 Å². The maximum absolute atomic E-state index is 13.8. The molecule has 8 rings (SSSR count). The molecule has 7 fully saturated rings. The van der Waals surface area contributed by atoms with Crippen molar-refractivity contribution < 1.29 is 48.9 Å². The third kappa shape index (κ3) is 3.93. The number of rotatable bonds is 4. The second-order valence-electron chi connectivity index (χ2n) is 16.0. The summed E-state index contributed by atoms with van der Waals surface area (Å²) >= 11 is 0. The Labute approximate surface area is 276 Å². The summed E-state index contributed by atoms with van der Waals surface area (Å²) < 4.78 is 33.7. The van der Waals surface area contributed by atoms with E-state index in [0.717, 1.165) is 37.7 Å². The van der Waals surface area contributed by atoms with Gasteiger partial charge in [0, 0.05) is 11.8 Å². The molecule has 2 spiro atoms. The van der Waals surface area contributed by atoms with Gasteiger partial charge >= 0.3 is 11.9 Å². The minimum absolute atomic E-state index is 0.0521. The predicted molar refractivity (Wildman–Crippen MR) is 168 cm³/mol. The summed E-state index contributed by atoms with van der Waals surface area (Å²) in [7, 11) is 0. The van der Waals surface area contributed by atoms with E-state index in [1.807, 2.05) is 19.9 Å². The molecule has 0 radical (unpaired) electrons. The maximum Gasteiger partial charge on any atom is 0.338 e. The highest BCUT2D eigenvalue weighted by Gasteiger charge is 2.90. The highest BCUT2D eigenvalue weighted by molar-refractivity contribution is 5.89. The zero-order chi connectivity index (χ0) is 33.3. The first-order valence-corrected chi connectivity index (χ1v) is 17.7. The fraction of sp³-hybridized carbons (Fsp3) is 0.757. The summed E-state index contributed by atoms with van der Waals surface area (Å²) in [6.07, 6.45) is 0.0237. The van der Waals surface area contributed by atoms with Crippen LogP contribution in [0.1, 0.15) is 83.0 Å². The van der Waals surface area contributed by atoms with Gasteiger partial charge in [-0.2, -0.15) is 0 Å². The second-order valence-corrected chi connectivity index (χ2v) is 16.0. The monoisotopic (exact) mass is 654 g/mol. The van der Waals surface area contributed by atoms with Crippen LogP contribution in [0.15, 0.2) is 42.5 Å². The van der Waals surface area contributed by atoms with E-state index in [-0.39, 0.29) is 17.8 Å². The van der Waals surface area contributed by atoms with Gasteiger partial charge in [0.2, 0.25) is 0 Å². The van der Waals surface area contributed by atoms with Crippen LogP contribution in [0.3, 0.4) is 0 Å². The van der Waals surface area contributed by atoms with E-state index in [1.54, 1.807) is 24.3 Å². The number of esters is 1. The van der Waals surface area contributed by atoms with E-state index in [9.17, 15) is 25.2 Å². The first-order chi connectivity index (χ1) is 22.3. The van der Waals surface area contributed by atoms with E-state index in [2.05, 4.69) is 20.4 Å². The minimum Gasteiger partial charge on any atom is -0.455 e. The van der Waals surface area contributed by atoms with Crippen LogP contribution in [-0.4, -0.2) is 91.9 Å². The molecule has 1 aromatic rings. The summed E-state index contributed by atoms with van der Waals surface area (Å²) in [5.74, 6) is -4.73. The molecule has 4 heterocycles. The van der Waals surface area contributed by atoms with Gasteiger partial charge in [0.25, 0.3) is 0 Å². The number of epoxide rings is 1. The van der Waals surface area contributed by atoms with Gasteiger partial charge in [0.1, 0.15) is 47.3 Å². The Bertz CT molecular complexity index is 1440. The Balaban J connectivity index is 1.37. The van der Waals surface area contributed by atoms with Gasteiger partial charge in [0.05, 0.1) is 17.8 Å². The van der Waals surface area contributed by atoms with Crippen LogP contribution in [0.4, 0.5) is 0 Å². The minimum atomic E-state index is -2.09. The van der Waals surface area contributed by atoms with Crippen molar-refractivity contribution in [3.05, 3.63) is 48.0 Å². The smallest absolute Gasteiger partial charge is 0.338 e. The summed E-state index contributed by atoms with van der Waals surface area (Å²) in [6.45, 7) is 11.9. The van der Waals surface area contributed by atoms with Crippen LogP contribution >= 0.6 is 0 Å². The molecule has 10 nitrogen and oxygen atoms in total. The van der Waals surface area contributed by atoms with Gasteiger partial charge in [-0.25, -0.2) is 4.79 Å². The molecule has 3 saturated carbocycles. The average Bonchev–Trinajstić information content (AvgIpc) is 3.69. The number of hydrogen-bond acceptors (Lipinski definition) is 10. The highest BCUT2D eigenvalue weighted by Crippen LogP contribution is 2.75. The Kier molecular flexibility index (Phi) is 7.26. The first-order valence-electron chi connectivity index (χ1n) is 17.7. The fourth-order valence-electron chi connectivity index (χ4n) is 11.6. The van der Waals surface area contributed by atoms with Crippen molar-refractivity contribution in [3.63, 3.8) is 0 Å². The molecule has 4 aliphatic heterocycles. The molecule has 258 valence electrons. The number of hydrogen-bond donors (Lipinski definition) is 4. The fourth-order valence-corrected chi connectivity index (χ4v) is 11.6. The van der Waals surface area contributed by atoms with Crippen LogP contribution in [0.25, 0.3) is 0 Å². The lowest BCUT2D eigenvalue weighted by Gasteiger charge is -2.62. The number of carbonyl (C=O) groups is 1. The Morgan fingerprint density at radius 3 is 2.38 bits per heavy atom. The van der Waals surface area contributed by atoms with Crippen molar-refractivity contribution in [1.82, 2.24) is 0 Å². The third-order valence-electron chi connectivity index (χ3n) is 13.7. The van der Waals surface area contributed by atoms with Crippen molar-refractivity contribution in [1.29, 1.82) is 0 Å². The predicted octanol–water partition coefficient (Wildman–Crippen LogP) is 3.49.